The Labute approximate surface area is 69.6 Å². The molecular weight excluding hydrogens is 158 g/mol. The Bertz CT molecular complexity index is 226. The molecule has 0 unspecified atom stereocenters. The summed E-state index contributed by atoms with van der Waals surface area (Å²) in [6.45, 7) is 1.01. The van der Waals surface area contributed by atoms with Crippen LogP contribution in [0.25, 0.3) is 0 Å². The maximum absolute atomic E-state index is 4.00. The highest BCUT2D eigenvalue weighted by atomic mass is 32.2. The number of anilines is 1. The van der Waals surface area contributed by atoms with Crippen LogP contribution in [0.15, 0.2) is 17.2 Å². The van der Waals surface area contributed by atoms with Crippen molar-refractivity contribution < 1.29 is 0 Å². The highest BCUT2D eigenvalue weighted by Gasteiger charge is 2.07. The fraction of sp³-hybridized carbons (Fsp3) is 0.429. The highest BCUT2D eigenvalue weighted by molar-refractivity contribution is 7.99. The van der Waals surface area contributed by atoms with Crippen molar-refractivity contribution in [3.05, 3.63) is 12.3 Å². The van der Waals surface area contributed by atoms with Gasteiger partial charge >= 0.3 is 0 Å². The summed E-state index contributed by atoms with van der Waals surface area (Å²) < 4.78 is 0. The number of hydrogen-bond acceptors (Lipinski definition) is 4. The van der Waals surface area contributed by atoms with Crippen molar-refractivity contribution in [1.29, 1.82) is 0 Å². The normalized spacial score (nSPS) is 16.4. The monoisotopic (exact) mass is 167 g/mol. The largest absolute Gasteiger partial charge is 0.368 e. The first-order valence-corrected chi connectivity index (χ1v) is 4.64. The van der Waals surface area contributed by atoms with Crippen LogP contribution in [0.4, 0.5) is 5.82 Å². The zero-order valence-corrected chi connectivity index (χ0v) is 6.90. The van der Waals surface area contributed by atoms with Crippen molar-refractivity contribution in [3.63, 3.8) is 0 Å². The first-order valence-electron chi connectivity index (χ1n) is 3.65. The van der Waals surface area contributed by atoms with Crippen LogP contribution in [0.2, 0.25) is 0 Å². The number of rotatable bonds is 0. The molecule has 0 saturated heterocycles. The minimum Gasteiger partial charge on any atom is -0.368 e. The summed E-state index contributed by atoms with van der Waals surface area (Å²) in [6.07, 6.45) is 2.93. The minimum atomic E-state index is 0.940. The van der Waals surface area contributed by atoms with Gasteiger partial charge < -0.3 is 5.32 Å². The summed E-state index contributed by atoms with van der Waals surface area (Å²) in [6, 6.07) is 2.01. The molecule has 58 valence electrons. The third-order valence-corrected chi connectivity index (χ3v) is 2.69. The fourth-order valence-corrected chi connectivity index (χ4v) is 1.94. The summed E-state index contributed by atoms with van der Waals surface area (Å²) in [5, 5.41) is 11.0. The molecule has 1 aromatic rings. The van der Waals surface area contributed by atoms with Gasteiger partial charge in [0.25, 0.3) is 0 Å². The first-order chi connectivity index (χ1) is 5.47. The zero-order valence-electron chi connectivity index (χ0n) is 6.08. The van der Waals surface area contributed by atoms with E-state index in [-0.39, 0.29) is 0 Å². The molecule has 1 aliphatic rings. The summed E-state index contributed by atoms with van der Waals surface area (Å²) in [5.74, 6) is 2.11. The Morgan fingerprint density at radius 1 is 1.55 bits per heavy atom. The SMILES string of the molecule is c1cc2c(nn1)NCCCS2. The molecule has 4 heteroatoms. The summed E-state index contributed by atoms with van der Waals surface area (Å²) >= 11 is 1.84. The van der Waals surface area contributed by atoms with Crippen molar-refractivity contribution in [2.45, 2.75) is 11.3 Å². The molecule has 0 spiro atoms. The highest BCUT2D eigenvalue weighted by Crippen LogP contribution is 2.26. The summed E-state index contributed by atoms with van der Waals surface area (Å²) in [7, 11) is 0. The van der Waals surface area contributed by atoms with Gasteiger partial charge in [0.15, 0.2) is 5.82 Å². The molecule has 0 aliphatic carbocycles. The quantitative estimate of drug-likeness (QED) is 0.633. The van der Waals surface area contributed by atoms with Gasteiger partial charge in [0.05, 0.1) is 11.1 Å². The third kappa shape index (κ3) is 1.45. The Morgan fingerprint density at radius 2 is 2.55 bits per heavy atom. The van der Waals surface area contributed by atoms with Crippen LogP contribution < -0.4 is 5.32 Å². The van der Waals surface area contributed by atoms with Crippen molar-refractivity contribution in [1.82, 2.24) is 10.2 Å². The van der Waals surface area contributed by atoms with E-state index in [1.807, 2.05) is 17.8 Å². The van der Waals surface area contributed by atoms with Crippen molar-refractivity contribution in [2.24, 2.45) is 0 Å². The molecule has 2 rings (SSSR count). The van der Waals surface area contributed by atoms with Crippen LogP contribution in [0.1, 0.15) is 6.42 Å². The molecule has 11 heavy (non-hydrogen) atoms. The molecular formula is C7H9N3S. The second kappa shape index (κ2) is 3.09. The summed E-state index contributed by atoms with van der Waals surface area (Å²) in [5.41, 5.74) is 0. The van der Waals surface area contributed by atoms with E-state index in [4.69, 9.17) is 0 Å². The van der Waals surface area contributed by atoms with Crippen LogP contribution >= 0.6 is 11.8 Å². The number of thioether (sulfide) groups is 1. The van der Waals surface area contributed by atoms with Gasteiger partial charge in [0, 0.05) is 6.54 Å². The standard InChI is InChI=1S/C7H9N3S/c1-3-8-7-6(11-5-1)2-4-9-10-7/h2,4H,1,3,5H2,(H,8,10). The molecule has 0 fully saturated rings. The smallest absolute Gasteiger partial charge is 0.162 e. The average molecular weight is 167 g/mol. The van der Waals surface area contributed by atoms with Gasteiger partial charge in [-0.25, -0.2) is 0 Å². The van der Waals surface area contributed by atoms with Crippen LogP contribution in [-0.4, -0.2) is 22.5 Å². The van der Waals surface area contributed by atoms with E-state index < -0.39 is 0 Å². The predicted molar refractivity (Wildman–Crippen MR) is 45.9 cm³/mol. The Morgan fingerprint density at radius 3 is 3.55 bits per heavy atom. The van der Waals surface area contributed by atoms with E-state index >= 15 is 0 Å². The van der Waals surface area contributed by atoms with Crippen molar-refractivity contribution in [2.75, 3.05) is 17.6 Å². The van der Waals surface area contributed by atoms with E-state index in [0.717, 1.165) is 12.4 Å². The van der Waals surface area contributed by atoms with E-state index in [1.54, 1.807) is 6.20 Å². The lowest BCUT2D eigenvalue weighted by Gasteiger charge is -2.01. The average Bonchev–Trinajstić information content (AvgIpc) is 2.28. The third-order valence-electron chi connectivity index (χ3n) is 1.55. The predicted octanol–water partition coefficient (Wildman–Crippen LogP) is 1.38. The Balaban J connectivity index is 2.33. The number of aromatic nitrogens is 2. The lowest BCUT2D eigenvalue weighted by Crippen LogP contribution is -2.02. The Kier molecular flexibility index (Phi) is 1.94. The second-order valence-electron chi connectivity index (χ2n) is 2.37. The number of nitrogens with one attached hydrogen (secondary N) is 1. The van der Waals surface area contributed by atoms with Gasteiger partial charge in [-0.3, -0.25) is 0 Å². The molecule has 1 aliphatic heterocycles. The van der Waals surface area contributed by atoms with Crippen LogP contribution in [0.5, 0.6) is 0 Å². The topological polar surface area (TPSA) is 37.8 Å². The summed E-state index contributed by atoms with van der Waals surface area (Å²) in [4.78, 5) is 1.22. The number of fused-ring (bicyclic) bond motifs is 1. The molecule has 0 aromatic carbocycles. The molecule has 3 nitrogen and oxygen atoms in total. The van der Waals surface area contributed by atoms with Crippen LogP contribution in [0, 0.1) is 0 Å². The number of nitrogens with zero attached hydrogens (tertiary/aromatic N) is 2. The van der Waals surface area contributed by atoms with E-state index in [2.05, 4.69) is 15.5 Å². The first kappa shape index (κ1) is 6.91. The second-order valence-corrected chi connectivity index (χ2v) is 3.51. The van der Waals surface area contributed by atoms with E-state index in [1.165, 1.54) is 17.1 Å². The zero-order chi connectivity index (χ0) is 7.52. The minimum absolute atomic E-state index is 0.940. The van der Waals surface area contributed by atoms with Gasteiger partial charge in [-0.05, 0) is 18.2 Å². The van der Waals surface area contributed by atoms with Gasteiger partial charge in [0.2, 0.25) is 0 Å². The van der Waals surface area contributed by atoms with Crippen molar-refractivity contribution in [3.8, 4) is 0 Å². The molecule has 1 N–H and O–H groups in total. The van der Waals surface area contributed by atoms with E-state index in [9.17, 15) is 0 Å². The Hall–Kier alpha value is -0.770. The van der Waals surface area contributed by atoms with Crippen LogP contribution in [-0.2, 0) is 0 Å². The molecule has 0 radical (unpaired) electrons. The van der Waals surface area contributed by atoms with Crippen molar-refractivity contribution >= 4 is 17.6 Å². The van der Waals surface area contributed by atoms with Gasteiger partial charge in [-0.15, -0.1) is 16.9 Å². The van der Waals surface area contributed by atoms with Gasteiger partial charge in [0.1, 0.15) is 0 Å². The molecule has 0 amide bonds. The van der Waals surface area contributed by atoms with E-state index in [0.29, 0.717) is 0 Å². The van der Waals surface area contributed by atoms with Gasteiger partial charge in [-0.2, -0.15) is 5.10 Å². The van der Waals surface area contributed by atoms with Crippen LogP contribution in [0.3, 0.4) is 0 Å². The molecule has 0 atom stereocenters. The molecule has 1 aromatic heterocycles. The lowest BCUT2D eigenvalue weighted by molar-refractivity contribution is 0.949. The maximum atomic E-state index is 4.00. The molecule has 0 saturated carbocycles. The molecule has 0 bridgehead atoms. The fourth-order valence-electron chi connectivity index (χ4n) is 1.02. The molecule has 2 heterocycles. The number of hydrogen-bond donors (Lipinski definition) is 1. The maximum Gasteiger partial charge on any atom is 0.162 e. The van der Waals surface area contributed by atoms with Gasteiger partial charge in [-0.1, -0.05) is 0 Å². The lowest BCUT2D eigenvalue weighted by atomic mass is 10.4.